The monoisotopic (exact) mass is 527 g/mol. The van der Waals surface area contributed by atoms with E-state index in [4.69, 9.17) is 14.2 Å². The second-order valence-corrected chi connectivity index (χ2v) is 9.49. The lowest BCUT2D eigenvalue weighted by Gasteiger charge is -2.46. The Morgan fingerprint density at radius 1 is 0.838 bits per heavy atom. The van der Waals surface area contributed by atoms with Crippen LogP contribution in [0.4, 0.5) is 0 Å². The fraction of sp³-hybridized carbons (Fsp3) is 0.625. The molecular formula is C24H33NO12. The summed E-state index contributed by atoms with van der Waals surface area (Å²) in [5.74, 6) is -1.07. The zero-order chi connectivity index (χ0) is 26.9. The molecule has 0 spiro atoms. The summed E-state index contributed by atoms with van der Waals surface area (Å²) in [5, 5.41) is 84.0. The molecule has 0 aliphatic carbocycles. The Bertz CT molecular complexity index is 969. The highest BCUT2D eigenvalue weighted by Gasteiger charge is 2.50. The van der Waals surface area contributed by atoms with Crippen molar-refractivity contribution in [2.24, 2.45) is 5.92 Å². The van der Waals surface area contributed by atoms with E-state index >= 15 is 0 Å². The molecule has 37 heavy (non-hydrogen) atoms. The number of aliphatic hydroxyl groups excluding tert-OH is 8. The van der Waals surface area contributed by atoms with E-state index in [-0.39, 0.29) is 36.8 Å². The van der Waals surface area contributed by atoms with Gasteiger partial charge in [-0.1, -0.05) is 12.1 Å². The minimum Gasteiger partial charge on any atom is -0.511 e. The number of rotatable bonds is 7. The Kier molecular flexibility index (Phi) is 8.68. The van der Waals surface area contributed by atoms with Crippen LogP contribution >= 0.6 is 0 Å². The van der Waals surface area contributed by atoms with Crippen molar-refractivity contribution in [1.82, 2.24) is 5.32 Å². The van der Waals surface area contributed by atoms with E-state index in [1.807, 2.05) is 0 Å². The van der Waals surface area contributed by atoms with E-state index < -0.39 is 74.3 Å². The van der Waals surface area contributed by atoms with Gasteiger partial charge in [-0.25, -0.2) is 0 Å². The van der Waals surface area contributed by atoms with Gasteiger partial charge in [0.2, 0.25) is 12.2 Å². The highest BCUT2D eigenvalue weighted by atomic mass is 16.7. The van der Waals surface area contributed by atoms with Gasteiger partial charge < -0.3 is 60.4 Å². The van der Waals surface area contributed by atoms with Crippen LogP contribution in [-0.4, -0.2) is 122 Å². The van der Waals surface area contributed by atoms with Crippen molar-refractivity contribution in [1.29, 1.82) is 0 Å². The van der Waals surface area contributed by atoms with E-state index in [1.165, 1.54) is 0 Å². The van der Waals surface area contributed by atoms with Gasteiger partial charge in [0.05, 0.1) is 31.8 Å². The van der Waals surface area contributed by atoms with E-state index in [2.05, 4.69) is 5.32 Å². The van der Waals surface area contributed by atoms with Crippen LogP contribution in [0.25, 0.3) is 5.57 Å². The molecule has 13 nitrogen and oxygen atoms in total. The minimum absolute atomic E-state index is 0.0285. The van der Waals surface area contributed by atoms with Gasteiger partial charge in [0.15, 0.2) is 0 Å². The standard InChI is InChI=1S/C24H33NO12/c26-8-16-19(30)12(5-15-21(32)23(34)22(33)17(9-27)36-15)20(31)24(37-16)35-11-3-1-10(2-4-11)13-7-25-18(29)6-14(13)28/h1-4,12,15-17,19-24,26-28,30-34H,5-9H2,(H,25,29)/t12-,15+,16+,17+,19-,20-,21+,22+,23+,24-/m0/s1. The Labute approximate surface area is 212 Å². The van der Waals surface area contributed by atoms with Crippen molar-refractivity contribution in [3.63, 3.8) is 0 Å². The Morgan fingerprint density at radius 2 is 1.46 bits per heavy atom. The van der Waals surface area contributed by atoms with Gasteiger partial charge in [0, 0.05) is 18.0 Å². The Hall–Kier alpha value is -2.33. The summed E-state index contributed by atoms with van der Waals surface area (Å²) in [5.41, 5.74) is 1.21. The van der Waals surface area contributed by atoms with Gasteiger partial charge in [0.25, 0.3) is 0 Å². The number of aliphatic hydroxyl groups is 8. The van der Waals surface area contributed by atoms with Gasteiger partial charge in [0.1, 0.15) is 48.1 Å². The predicted octanol–water partition coefficient (Wildman–Crippen LogP) is -2.86. The predicted molar refractivity (Wildman–Crippen MR) is 124 cm³/mol. The summed E-state index contributed by atoms with van der Waals surface area (Å²) in [6, 6.07) is 6.43. The molecule has 2 saturated heterocycles. The molecule has 9 N–H and O–H groups in total. The van der Waals surface area contributed by atoms with Crippen LogP contribution < -0.4 is 10.1 Å². The van der Waals surface area contributed by atoms with Crippen molar-refractivity contribution in [3.8, 4) is 5.75 Å². The largest absolute Gasteiger partial charge is 0.511 e. The maximum Gasteiger partial charge on any atom is 0.227 e. The average molecular weight is 528 g/mol. The third kappa shape index (κ3) is 5.74. The fourth-order valence-electron chi connectivity index (χ4n) is 4.93. The number of hydrogen-bond donors (Lipinski definition) is 9. The third-order valence-electron chi connectivity index (χ3n) is 7.12. The summed E-state index contributed by atoms with van der Waals surface area (Å²) in [6.07, 6.45) is -12.7. The van der Waals surface area contributed by atoms with Crippen LogP contribution in [0.15, 0.2) is 30.0 Å². The molecule has 4 rings (SSSR count). The zero-order valence-corrected chi connectivity index (χ0v) is 19.8. The molecule has 0 radical (unpaired) electrons. The first-order valence-electron chi connectivity index (χ1n) is 12.0. The number of carbonyl (C=O) groups excluding carboxylic acids is 1. The van der Waals surface area contributed by atoms with Gasteiger partial charge in [-0.3, -0.25) is 4.79 Å². The first-order chi connectivity index (χ1) is 17.6. The lowest BCUT2D eigenvalue weighted by atomic mass is 9.81. The summed E-state index contributed by atoms with van der Waals surface area (Å²) in [4.78, 5) is 11.4. The molecule has 1 aromatic carbocycles. The van der Waals surface area contributed by atoms with Gasteiger partial charge in [-0.2, -0.15) is 0 Å². The second kappa shape index (κ2) is 11.6. The number of ether oxygens (including phenoxy) is 3. The highest BCUT2D eigenvalue weighted by Crippen LogP contribution is 2.35. The highest BCUT2D eigenvalue weighted by molar-refractivity contribution is 5.87. The Balaban J connectivity index is 1.48. The van der Waals surface area contributed by atoms with Crippen LogP contribution in [0.3, 0.4) is 0 Å². The molecule has 3 aliphatic heterocycles. The number of benzene rings is 1. The minimum atomic E-state index is -1.61. The summed E-state index contributed by atoms with van der Waals surface area (Å²) >= 11 is 0. The van der Waals surface area contributed by atoms with Crippen LogP contribution in [-0.2, 0) is 14.3 Å². The first kappa shape index (κ1) is 27.7. The Morgan fingerprint density at radius 3 is 2.08 bits per heavy atom. The van der Waals surface area contributed by atoms with Crippen LogP contribution in [0.5, 0.6) is 5.75 Å². The smallest absolute Gasteiger partial charge is 0.227 e. The van der Waals surface area contributed by atoms with Crippen LogP contribution in [0.2, 0.25) is 0 Å². The first-order valence-corrected chi connectivity index (χ1v) is 12.0. The number of hydrogen-bond acceptors (Lipinski definition) is 12. The molecule has 0 aromatic heterocycles. The number of carbonyl (C=O) groups is 1. The van der Waals surface area contributed by atoms with Crippen LogP contribution in [0, 0.1) is 5.92 Å². The molecule has 10 atom stereocenters. The molecule has 1 amide bonds. The van der Waals surface area contributed by atoms with E-state index in [0.29, 0.717) is 11.1 Å². The van der Waals surface area contributed by atoms with Crippen molar-refractivity contribution < 1.29 is 59.9 Å². The lowest BCUT2D eigenvalue weighted by molar-refractivity contribution is -0.278. The molecule has 3 aliphatic rings. The SMILES string of the molecule is O=C1CC(O)=C(c2ccc(O[C@H]3O[C@H](CO)[C@@H](O)[C@H](C[C@H]4O[C@H](CO)[C@@H](O)[C@H](O)[C@@H]4O)[C@@H]3O)cc2)CN1. The molecule has 206 valence electrons. The molecule has 1 aromatic rings. The molecular weight excluding hydrogens is 494 g/mol. The zero-order valence-electron chi connectivity index (χ0n) is 19.8. The molecule has 0 bridgehead atoms. The third-order valence-corrected chi connectivity index (χ3v) is 7.12. The molecule has 0 saturated carbocycles. The van der Waals surface area contributed by atoms with Crippen molar-refractivity contribution in [2.75, 3.05) is 19.8 Å². The maximum atomic E-state index is 11.4. The molecule has 3 heterocycles. The molecule has 2 fully saturated rings. The maximum absolute atomic E-state index is 11.4. The van der Waals surface area contributed by atoms with Crippen molar-refractivity contribution >= 4 is 11.5 Å². The molecule has 13 heteroatoms. The fourth-order valence-corrected chi connectivity index (χ4v) is 4.93. The quantitative estimate of drug-likeness (QED) is 0.175. The van der Waals surface area contributed by atoms with Crippen molar-refractivity contribution in [2.45, 2.75) is 68.0 Å². The van der Waals surface area contributed by atoms with Crippen LogP contribution in [0.1, 0.15) is 18.4 Å². The van der Waals surface area contributed by atoms with E-state index in [0.717, 1.165) is 0 Å². The summed E-state index contributed by atoms with van der Waals surface area (Å²) in [6.45, 7) is -1.05. The normalized spacial score (nSPS) is 38.8. The molecule has 0 unspecified atom stereocenters. The summed E-state index contributed by atoms with van der Waals surface area (Å²) in [7, 11) is 0. The number of nitrogens with one attached hydrogen (secondary N) is 1. The second-order valence-electron chi connectivity index (χ2n) is 9.49. The summed E-state index contributed by atoms with van der Waals surface area (Å²) < 4.78 is 16.9. The van der Waals surface area contributed by atoms with E-state index in [9.17, 15) is 45.6 Å². The average Bonchev–Trinajstić information content (AvgIpc) is 2.88. The van der Waals surface area contributed by atoms with Gasteiger partial charge in [-0.15, -0.1) is 0 Å². The van der Waals surface area contributed by atoms with Gasteiger partial charge in [-0.05, 0) is 24.1 Å². The van der Waals surface area contributed by atoms with E-state index in [1.54, 1.807) is 24.3 Å². The van der Waals surface area contributed by atoms with Crippen molar-refractivity contribution in [3.05, 3.63) is 35.6 Å². The number of amides is 1. The lowest BCUT2D eigenvalue weighted by Crippen LogP contribution is -2.62. The topological polar surface area (TPSA) is 219 Å². The van der Waals surface area contributed by atoms with Gasteiger partial charge >= 0.3 is 0 Å².